The van der Waals surface area contributed by atoms with E-state index in [0.717, 1.165) is 42.0 Å². The van der Waals surface area contributed by atoms with Crippen LogP contribution in [0.1, 0.15) is 41.0 Å². The van der Waals surface area contributed by atoms with Gasteiger partial charge in [0.2, 0.25) is 0 Å². The number of carbonyl (C=O) groups is 1. The van der Waals surface area contributed by atoms with E-state index in [-0.39, 0.29) is 11.4 Å². The van der Waals surface area contributed by atoms with E-state index >= 15 is 0 Å². The molecule has 0 saturated heterocycles. The van der Waals surface area contributed by atoms with Gasteiger partial charge in [0.25, 0.3) is 0 Å². The minimum absolute atomic E-state index is 0.0793. The highest BCUT2D eigenvalue weighted by atomic mass is 79.9. The average molecular weight is 514 g/mol. The van der Waals surface area contributed by atoms with E-state index in [0.29, 0.717) is 17.9 Å². The van der Waals surface area contributed by atoms with E-state index in [4.69, 9.17) is 9.72 Å². The number of halogens is 1. The number of ketones is 1. The van der Waals surface area contributed by atoms with Crippen molar-refractivity contribution in [1.82, 2.24) is 15.0 Å². The fourth-order valence-corrected chi connectivity index (χ4v) is 6.34. The summed E-state index contributed by atoms with van der Waals surface area (Å²) >= 11 is 6.48. The minimum atomic E-state index is -0.219. The Bertz CT molecular complexity index is 1330. The third-order valence-corrected chi connectivity index (χ3v) is 8.24. The number of carbonyl (C=O) groups excluding carboxylic acids is 1. The molecule has 4 aromatic rings. The first kappa shape index (κ1) is 21.0. The van der Waals surface area contributed by atoms with Crippen molar-refractivity contribution in [2.24, 2.45) is 0 Å². The van der Waals surface area contributed by atoms with E-state index in [9.17, 15) is 4.79 Å². The van der Waals surface area contributed by atoms with Crippen LogP contribution in [0.5, 0.6) is 0 Å². The molecular formula is C23H20BrN3O2S2. The second-order valence-corrected chi connectivity index (χ2v) is 11.1. The summed E-state index contributed by atoms with van der Waals surface area (Å²) in [5.74, 6) is 0.406. The van der Waals surface area contributed by atoms with E-state index in [1.165, 1.54) is 22.9 Å². The first-order valence-corrected chi connectivity index (χ1v) is 12.5. The number of thioether (sulfide) groups is 1. The van der Waals surface area contributed by atoms with Crippen molar-refractivity contribution in [2.45, 2.75) is 44.4 Å². The van der Waals surface area contributed by atoms with E-state index < -0.39 is 0 Å². The van der Waals surface area contributed by atoms with Gasteiger partial charge >= 0.3 is 0 Å². The molecule has 0 atom stereocenters. The number of nitrogens with zero attached hydrogens (tertiary/aromatic N) is 3. The fraction of sp³-hybridized carbons (Fsp3) is 0.304. The lowest BCUT2D eigenvalue weighted by atomic mass is 9.89. The Hall–Kier alpha value is -1.87. The second kappa shape index (κ2) is 7.92. The standard InChI is InChI=1S/C23H20BrN3O2S2/c1-12-16-9-29-23(2,3)8-15(16)18-19-20(31-21(18)27-12)22(26-11-25-19)30-10-17(28)13-4-6-14(24)7-5-13/h4-7,11H,8-10H2,1-3H3. The second-order valence-electron chi connectivity index (χ2n) is 8.24. The van der Waals surface area contributed by atoms with Crippen LogP contribution >= 0.6 is 39.0 Å². The number of aromatic nitrogens is 3. The summed E-state index contributed by atoms with van der Waals surface area (Å²) < 4.78 is 7.99. The summed E-state index contributed by atoms with van der Waals surface area (Å²) in [4.78, 5) is 27.6. The largest absolute Gasteiger partial charge is 0.370 e. The zero-order valence-corrected chi connectivity index (χ0v) is 20.6. The average Bonchev–Trinajstić information content (AvgIpc) is 3.10. The van der Waals surface area contributed by atoms with Crippen molar-refractivity contribution in [1.29, 1.82) is 0 Å². The van der Waals surface area contributed by atoms with Crippen molar-refractivity contribution in [3.05, 3.63) is 57.4 Å². The molecule has 1 aliphatic heterocycles. The van der Waals surface area contributed by atoms with Gasteiger partial charge in [0, 0.05) is 33.1 Å². The number of benzene rings is 1. The van der Waals surface area contributed by atoms with Crippen LogP contribution in [0, 0.1) is 6.92 Å². The van der Waals surface area contributed by atoms with Gasteiger partial charge in [-0.25, -0.2) is 15.0 Å². The Morgan fingerprint density at radius 1 is 1.23 bits per heavy atom. The van der Waals surface area contributed by atoms with Crippen molar-refractivity contribution >= 4 is 65.2 Å². The molecular weight excluding hydrogens is 494 g/mol. The predicted molar refractivity (Wildman–Crippen MR) is 129 cm³/mol. The highest BCUT2D eigenvalue weighted by Gasteiger charge is 2.31. The molecule has 0 saturated carbocycles. The van der Waals surface area contributed by atoms with Crippen LogP contribution in [0.3, 0.4) is 0 Å². The van der Waals surface area contributed by atoms with Crippen LogP contribution in [0.15, 0.2) is 40.1 Å². The summed E-state index contributed by atoms with van der Waals surface area (Å²) in [5.41, 5.74) is 4.87. The predicted octanol–water partition coefficient (Wildman–Crippen LogP) is 6.14. The van der Waals surface area contributed by atoms with Gasteiger partial charge in [-0.3, -0.25) is 4.79 Å². The first-order valence-electron chi connectivity index (χ1n) is 9.93. The van der Waals surface area contributed by atoms with Crippen molar-refractivity contribution in [2.75, 3.05) is 5.75 Å². The molecule has 3 aromatic heterocycles. The van der Waals surface area contributed by atoms with Crippen LogP contribution in [-0.4, -0.2) is 32.1 Å². The van der Waals surface area contributed by atoms with Gasteiger partial charge in [0.15, 0.2) is 5.78 Å². The number of pyridine rings is 1. The first-order chi connectivity index (χ1) is 14.8. The minimum Gasteiger partial charge on any atom is -0.370 e. The highest BCUT2D eigenvalue weighted by Crippen LogP contribution is 2.42. The smallest absolute Gasteiger partial charge is 0.173 e. The molecule has 0 unspecified atom stereocenters. The van der Waals surface area contributed by atoms with Gasteiger partial charge in [-0.2, -0.15) is 0 Å². The highest BCUT2D eigenvalue weighted by molar-refractivity contribution is 9.10. The zero-order valence-electron chi connectivity index (χ0n) is 17.4. The number of hydrogen-bond donors (Lipinski definition) is 0. The molecule has 0 N–H and O–H groups in total. The molecule has 4 heterocycles. The number of thiophene rings is 1. The Morgan fingerprint density at radius 2 is 2.00 bits per heavy atom. The third-order valence-electron chi connectivity index (χ3n) is 5.51. The quantitative estimate of drug-likeness (QED) is 0.185. The number of fused-ring (bicyclic) bond motifs is 5. The molecule has 8 heteroatoms. The molecule has 0 amide bonds. The molecule has 0 radical (unpaired) electrons. The number of rotatable bonds is 4. The Morgan fingerprint density at radius 3 is 2.77 bits per heavy atom. The molecule has 1 aliphatic rings. The molecule has 5 rings (SSSR count). The van der Waals surface area contributed by atoms with Gasteiger partial charge in [0.05, 0.1) is 28.2 Å². The molecule has 31 heavy (non-hydrogen) atoms. The molecule has 0 spiro atoms. The summed E-state index contributed by atoms with van der Waals surface area (Å²) in [6.07, 6.45) is 2.42. The third kappa shape index (κ3) is 3.91. The Balaban J connectivity index is 1.54. The molecule has 0 aliphatic carbocycles. The van der Waals surface area contributed by atoms with E-state index in [1.54, 1.807) is 17.7 Å². The van der Waals surface area contributed by atoms with Crippen LogP contribution in [-0.2, 0) is 17.8 Å². The van der Waals surface area contributed by atoms with Gasteiger partial charge in [-0.05, 0) is 38.5 Å². The normalized spacial score (nSPS) is 15.4. The summed E-state index contributed by atoms with van der Waals surface area (Å²) in [7, 11) is 0. The number of aryl methyl sites for hydroxylation is 1. The molecule has 158 valence electrons. The topological polar surface area (TPSA) is 65.0 Å². The molecule has 0 fully saturated rings. The van der Waals surface area contributed by atoms with E-state index in [1.807, 2.05) is 31.2 Å². The lowest BCUT2D eigenvalue weighted by molar-refractivity contribution is -0.0400. The number of ether oxygens (including phenoxy) is 1. The van der Waals surface area contributed by atoms with Crippen molar-refractivity contribution < 1.29 is 9.53 Å². The Labute approximate surface area is 196 Å². The maximum Gasteiger partial charge on any atom is 0.173 e. The van der Waals surface area contributed by atoms with Crippen molar-refractivity contribution in [3.63, 3.8) is 0 Å². The molecule has 0 bridgehead atoms. The maximum absolute atomic E-state index is 12.6. The van der Waals surface area contributed by atoms with Crippen LogP contribution in [0.4, 0.5) is 0 Å². The zero-order chi connectivity index (χ0) is 21.8. The molecule has 5 nitrogen and oxygen atoms in total. The van der Waals surface area contributed by atoms with Crippen LogP contribution < -0.4 is 0 Å². The van der Waals surface area contributed by atoms with Gasteiger partial charge in [-0.1, -0.05) is 39.8 Å². The van der Waals surface area contributed by atoms with Gasteiger partial charge < -0.3 is 4.74 Å². The fourth-order valence-electron chi connectivity index (χ4n) is 3.90. The van der Waals surface area contributed by atoms with Crippen LogP contribution in [0.25, 0.3) is 20.4 Å². The Kier molecular flexibility index (Phi) is 5.37. The van der Waals surface area contributed by atoms with Crippen LogP contribution in [0.2, 0.25) is 0 Å². The molecule has 1 aromatic carbocycles. The lowest BCUT2D eigenvalue weighted by Crippen LogP contribution is -2.32. The van der Waals surface area contributed by atoms with Crippen molar-refractivity contribution in [3.8, 4) is 0 Å². The summed E-state index contributed by atoms with van der Waals surface area (Å²) in [5, 5.41) is 1.94. The summed E-state index contributed by atoms with van der Waals surface area (Å²) in [6, 6.07) is 7.44. The summed E-state index contributed by atoms with van der Waals surface area (Å²) in [6.45, 7) is 6.86. The number of hydrogen-bond acceptors (Lipinski definition) is 7. The van der Waals surface area contributed by atoms with E-state index in [2.05, 4.69) is 39.7 Å². The maximum atomic E-state index is 12.6. The number of Topliss-reactive ketones (excluding diaryl/α,β-unsaturated/α-hetero) is 1. The lowest BCUT2D eigenvalue weighted by Gasteiger charge is -2.32. The van der Waals surface area contributed by atoms with Gasteiger partial charge in [-0.15, -0.1) is 11.3 Å². The van der Waals surface area contributed by atoms with Gasteiger partial charge in [0.1, 0.15) is 16.2 Å². The monoisotopic (exact) mass is 513 g/mol. The SMILES string of the molecule is Cc1nc2sc3c(SCC(=O)c4ccc(Br)cc4)ncnc3c2c2c1COC(C)(C)C2.